The Morgan fingerprint density at radius 3 is 3.10 bits per heavy atom. The van der Waals surface area contributed by atoms with Crippen molar-refractivity contribution in [2.75, 3.05) is 6.54 Å². The van der Waals surface area contributed by atoms with Gasteiger partial charge in [-0.25, -0.2) is 4.39 Å². The minimum atomic E-state index is -0.343. The number of nitrogens with zero attached hydrogens (tertiary/aromatic N) is 2. The Kier molecular flexibility index (Phi) is 4.22. The number of halogens is 2. The van der Waals surface area contributed by atoms with E-state index in [0.29, 0.717) is 28.3 Å². The fraction of sp³-hybridized carbons (Fsp3) is 0.467. The van der Waals surface area contributed by atoms with Gasteiger partial charge in [-0.15, -0.1) is 0 Å². The molecular formula is C15H17ClFN3O. The fourth-order valence-corrected chi connectivity index (χ4v) is 2.95. The molecule has 1 aliphatic heterocycles. The number of aromatic nitrogens is 2. The van der Waals surface area contributed by atoms with E-state index >= 15 is 0 Å². The van der Waals surface area contributed by atoms with Gasteiger partial charge in [-0.2, -0.15) is 4.98 Å². The number of benzene rings is 1. The van der Waals surface area contributed by atoms with Crippen LogP contribution in [-0.4, -0.2) is 22.7 Å². The second kappa shape index (κ2) is 6.12. The predicted octanol–water partition coefficient (Wildman–Crippen LogP) is 3.31. The van der Waals surface area contributed by atoms with E-state index in [1.165, 1.54) is 6.07 Å². The second-order valence-electron chi connectivity index (χ2n) is 5.50. The zero-order valence-corrected chi connectivity index (χ0v) is 12.5. The van der Waals surface area contributed by atoms with Gasteiger partial charge in [-0.05, 0) is 38.4 Å². The molecule has 0 saturated carbocycles. The molecule has 1 aromatic carbocycles. The Morgan fingerprint density at radius 1 is 1.48 bits per heavy atom. The normalized spacial score (nSPS) is 22.4. The topological polar surface area (TPSA) is 51.0 Å². The molecule has 0 aliphatic carbocycles. The van der Waals surface area contributed by atoms with Crippen molar-refractivity contribution in [2.24, 2.45) is 0 Å². The van der Waals surface area contributed by atoms with Crippen LogP contribution in [0.5, 0.6) is 0 Å². The van der Waals surface area contributed by atoms with Crippen LogP contribution in [0.4, 0.5) is 4.39 Å². The molecule has 2 unspecified atom stereocenters. The first kappa shape index (κ1) is 14.5. The lowest BCUT2D eigenvalue weighted by Gasteiger charge is -2.25. The van der Waals surface area contributed by atoms with Gasteiger partial charge in [0, 0.05) is 29.0 Å². The predicted molar refractivity (Wildman–Crippen MR) is 78.0 cm³/mol. The molecule has 2 heterocycles. The van der Waals surface area contributed by atoms with Gasteiger partial charge in [0.05, 0.1) is 0 Å². The standard InChI is InChI=1S/C15H17ClFN3O/c1-9-7-10(5-6-18-9)15-19-14(20-21-15)8-11-12(16)3-2-4-13(11)17/h2-4,9-10,18H,5-8H2,1H3. The van der Waals surface area contributed by atoms with Gasteiger partial charge in [0.1, 0.15) is 5.82 Å². The maximum absolute atomic E-state index is 13.8. The van der Waals surface area contributed by atoms with Gasteiger partial charge in [-0.3, -0.25) is 0 Å². The van der Waals surface area contributed by atoms with Gasteiger partial charge in [0.25, 0.3) is 0 Å². The molecule has 1 N–H and O–H groups in total. The van der Waals surface area contributed by atoms with Gasteiger partial charge in [0.2, 0.25) is 5.89 Å². The summed E-state index contributed by atoms with van der Waals surface area (Å²) in [7, 11) is 0. The minimum Gasteiger partial charge on any atom is -0.339 e. The van der Waals surface area contributed by atoms with Crippen molar-refractivity contribution >= 4 is 11.6 Å². The van der Waals surface area contributed by atoms with Crippen molar-refractivity contribution in [3.05, 3.63) is 46.3 Å². The first-order valence-electron chi connectivity index (χ1n) is 7.12. The third-order valence-corrected chi connectivity index (χ3v) is 4.21. The Balaban J connectivity index is 1.76. The monoisotopic (exact) mass is 309 g/mol. The molecule has 0 bridgehead atoms. The quantitative estimate of drug-likeness (QED) is 0.945. The first-order valence-corrected chi connectivity index (χ1v) is 7.50. The van der Waals surface area contributed by atoms with Crippen LogP contribution in [0.2, 0.25) is 5.02 Å². The number of rotatable bonds is 3. The van der Waals surface area contributed by atoms with Gasteiger partial charge >= 0.3 is 0 Å². The lowest BCUT2D eigenvalue weighted by molar-refractivity contribution is 0.294. The molecule has 3 rings (SSSR count). The Bertz CT molecular complexity index is 611. The van der Waals surface area contributed by atoms with Crippen molar-refractivity contribution in [3.63, 3.8) is 0 Å². The Hall–Kier alpha value is -1.46. The maximum atomic E-state index is 13.8. The van der Waals surface area contributed by atoms with Crippen LogP contribution in [0.25, 0.3) is 0 Å². The largest absolute Gasteiger partial charge is 0.339 e. The molecule has 2 atom stereocenters. The summed E-state index contributed by atoms with van der Waals surface area (Å²) < 4.78 is 19.1. The zero-order valence-electron chi connectivity index (χ0n) is 11.8. The SMILES string of the molecule is CC1CC(c2nc(Cc3c(F)cccc3Cl)no2)CCN1. The molecule has 0 radical (unpaired) electrons. The van der Waals surface area contributed by atoms with E-state index in [1.807, 2.05) is 0 Å². The highest BCUT2D eigenvalue weighted by Gasteiger charge is 2.25. The van der Waals surface area contributed by atoms with Crippen LogP contribution >= 0.6 is 11.6 Å². The van der Waals surface area contributed by atoms with Crippen LogP contribution in [0, 0.1) is 5.82 Å². The van der Waals surface area contributed by atoms with E-state index in [1.54, 1.807) is 12.1 Å². The molecule has 1 aromatic heterocycles. The van der Waals surface area contributed by atoms with E-state index in [2.05, 4.69) is 22.4 Å². The van der Waals surface area contributed by atoms with Crippen molar-refractivity contribution < 1.29 is 8.91 Å². The number of hydrogen-bond donors (Lipinski definition) is 1. The summed E-state index contributed by atoms with van der Waals surface area (Å²) in [6.45, 7) is 3.09. The lowest BCUT2D eigenvalue weighted by atomic mass is 9.93. The summed E-state index contributed by atoms with van der Waals surface area (Å²) in [4.78, 5) is 4.42. The van der Waals surface area contributed by atoms with Crippen LogP contribution in [0.1, 0.15) is 43.0 Å². The highest BCUT2D eigenvalue weighted by Crippen LogP contribution is 2.27. The second-order valence-corrected chi connectivity index (χ2v) is 5.91. The summed E-state index contributed by atoms with van der Waals surface area (Å²) in [6, 6.07) is 5.07. The van der Waals surface area contributed by atoms with Crippen LogP contribution in [-0.2, 0) is 6.42 Å². The maximum Gasteiger partial charge on any atom is 0.229 e. The molecule has 21 heavy (non-hydrogen) atoms. The van der Waals surface area contributed by atoms with Gasteiger partial charge in [-0.1, -0.05) is 22.8 Å². The summed E-state index contributed by atoms with van der Waals surface area (Å²) in [5.41, 5.74) is 0.408. The molecule has 4 nitrogen and oxygen atoms in total. The minimum absolute atomic E-state index is 0.246. The summed E-state index contributed by atoms with van der Waals surface area (Å²) in [6.07, 6.45) is 2.20. The van der Waals surface area contributed by atoms with Crippen molar-refractivity contribution in [2.45, 2.75) is 38.1 Å². The molecular weight excluding hydrogens is 293 g/mol. The van der Waals surface area contributed by atoms with Crippen molar-refractivity contribution in [1.29, 1.82) is 0 Å². The Morgan fingerprint density at radius 2 is 2.33 bits per heavy atom. The number of piperidine rings is 1. The first-order chi connectivity index (χ1) is 10.1. The Labute approximate surface area is 127 Å². The molecule has 2 aromatic rings. The molecule has 6 heteroatoms. The summed E-state index contributed by atoms with van der Waals surface area (Å²) >= 11 is 6.02. The molecule has 1 fully saturated rings. The van der Waals surface area contributed by atoms with Crippen LogP contribution < -0.4 is 5.32 Å². The molecule has 0 amide bonds. The van der Waals surface area contributed by atoms with E-state index in [-0.39, 0.29) is 18.2 Å². The van der Waals surface area contributed by atoms with E-state index in [9.17, 15) is 4.39 Å². The van der Waals surface area contributed by atoms with Gasteiger partial charge in [0.15, 0.2) is 5.82 Å². The third kappa shape index (κ3) is 3.24. The fourth-order valence-electron chi connectivity index (χ4n) is 2.72. The summed E-state index contributed by atoms with van der Waals surface area (Å²) in [5, 5.41) is 7.73. The zero-order chi connectivity index (χ0) is 14.8. The average molecular weight is 310 g/mol. The third-order valence-electron chi connectivity index (χ3n) is 3.85. The van der Waals surface area contributed by atoms with E-state index in [4.69, 9.17) is 16.1 Å². The molecule has 0 spiro atoms. The van der Waals surface area contributed by atoms with Crippen molar-refractivity contribution in [1.82, 2.24) is 15.5 Å². The summed E-state index contributed by atoms with van der Waals surface area (Å²) in [5.74, 6) is 1.05. The van der Waals surface area contributed by atoms with E-state index < -0.39 is 0 Å². The highest BCUT2D eigenvalue weighted by molar-refractivity contribution is 6.31. The van der Waals surface area contributed by atoms with Crippen LogP contribution in [0.15, 0.2) is 22.7 Å². The van der Waals surface area contributed by atoms with Crippen molar-refractivity contribution in [3.8, 4) is 0 Å². The molecule has 1 aliphatic rings. The van der Waals surface area contributed by atoms with E-state index in [0.717, 1.165) is 19.4 Å². The molecule has 112 valence electrons. The molecule has 1 saturated heterocycles. The smallest absolute Gasteiger partial charge is 0.229 e. The highest BCUT2D eigenvalue weighted by atomic mass is 35.5. The number of hydrogen-bond acceptors (Lipinski definition) is 4. The number of nitrogens with one attached hydrogen (secondary N) is 1. The van der Waals surface area contributed by atoms with Crippen LogP contribution in [0.3, 0.4) is 0 Å². The van der Waals surface area contributed by atoms with Gasteiger partial charge < -0.3 is 9.84 Å². The lowest BCUT2D eigenvalue weighted by Crippen LogP contribution is -2.34. The average Bonchev–Trinajstić information content (AvgIpc) is 2.92.